The Hall–Kier alpha value is -1.06. The van der Waals surface area contributed by atoms with Crippen molar-refractivity contribution in [3.8, 4) is 0 Å². The molecule has 0 spiro atoms. The molecule has 0 bridgehead atoms. The third-order valence-corrected chi connectivity index (χ3v) is 3.20. The number of hydrogen-bond acceptors (Lipinski definition) is 2. The number of benzene rings is 1. The van der Waals surface area contributed by atoms with Gasteiger partial charge in [0, 0.05) is 18.5 Å². The number of hydrogen-bond donors (Lipinski definition) is 2. The molecule has 4 heteroatoms. The third-order valence-electron chi connectivity index (χ3n) is 3.20. The van der Waals surface area contributed by atoms with E-state index in [4.69, 9.17) is 5.73 Å². The first-order chi connectivity index (χ1) is 7.77. The van der Waals surface area contributed by atoms with E-state index in [1.165, 1.54) is 6.42 Å². The van der Waals surface area contributed by atoms with Crippen LogP contribution in [0.4, 0.5) is 0 Å². The first-order valence-corrected chi connectivity index (χ1v) is 5.85. The van der Waals surface area contributed by atoms with Gasteiger partial charge >= 0.3 is 0 Å². The van der Waals surface area contributed by atoms with E-state index in [0.717, 1.165) is 18.4 Å². The monoisotopic (exact) mass is 254 g/mol. The van der Waals surface area contributed by atoms with Gasteiger partial charge in [-0.1, -0.05) is 36.8 Å². The Labute approximate surface area is 108 Å². The molecule has 17 heavy (non-hydrogen) atoms. The summed E-state index contributed by atoms with van der Waals surface area (Å²) in [6, 6.07) is 9.75. The minimum atomic E-state index is -0.106. The standard InChI is InChI=1S/C13H18N2O.ClH/c14-12(10-5-2-1-3-6-10)9-15-13(16)11-7-4-8-11;/h1-3,5-6,11-12H,4,7-9,14H2,(H,15,16);1H. The van der Waals surface area contributed by atoms with Crippen LogP contribution in [0.3, 0.4) is 0 Å². The van der Waals surface area contributed by atoms with E-state index < -0.39 is 0 Å². The summed E-state index contributed by atoms with van der Waals surface area (Å²) in [5.41, 5.74) is 7.05. The number of carbonyl (C=O) groups excluding carboxylic acids is 1. The van der Waals surface area contributed by atoms with Crippen LogP contribution in [-0.4, -0.2) is 12.5 Å². The predicted octanol–water partition coefficient (Wildman–Crippen LogP) is 2.02. The van der Waals surface area contributed by atoms with E-state index in [1.807, 2.05) is 30.3 Å². The maximum Gasteiger partial charge on any atom is 0.223 e. The van der Waals surface area contributed by atoms with Crippen LogP contribution < -0.4 is 11.1 Å². The number of nitrogens with two attached hydrogens (primary N) is 1. The molecular weight excluding hydrogens is 236 g/mol. The number of rotatable bonds is 4. The highest BCUT2D eigenvalue weighted by molar-refractivity contribution is 5.85. The molecule has 94 valence electrons. The Morgan fingerprint density at radius 2 is 2.00 bits per heavy atom. The Morgan fingerprint density at radius 3 is 2.53 bits per heavy atom. The smallest absolute Gasteiger partial charge is 0.223 e. The van der Waals surface area contributed by atoms with Gasteiger partial charge in [-0.3, -0.25) is 4.79 Å². The fraction of sp³-hybridized carbons (Fsp3) is 0.462. The van der Waals surface area contributed by atoms with E-state index in [-0.39, 0.29) is 30.3 Å². The molecule has 0 radical (unpaired) electrons. The highest BCUT2D eigenvalue weighted by Gasteiger charge is 2.25. The van der Waals surface area contributed by atoms with Gasteiger partial charge in [-0.2, -0.15) is 0 Å². The topological polar surface area (TPSA) is 55.1 Å². The van der Waals surface area contributed by atoms with Crippen molar-refractivity contribution in [1.29, 1.82) is 0 Å². The van der Waals surface area contributed by atoms with Crippen LogP contribution in [-0.2, 0) is 4.79 Å². The molecule has 1 aromatic rings. The lowest BCUT2D eigenvalue weighted by atomic mass is 9.85. The zero-order valence-corrected chi connectivity index (χ0v) is 10.6. The Kier molecular flexibility index (Phi) is 5.45. The van der Waals surface area contributed by atoms with Crippen molar-refractivity contribution in [3.05, 3.63) is 35.9 Å². The van der Waals surface area contributed by atoms with Crippen LogP contribution in [0.25, 0.3) is 0 Å². The fourth-order valence-corrected chi connectivity index (χ4v) is 1.84. The van der Waals surface area contributed by atoms with E-state index >= 15 is 0 Å². The molecule has 3 nitrogen and oxygen atoms in total. The molecule has 1 aromatic carbocycles. The summed E-state index contributed by atoms with van der Waals surface area (Å²) in [6.07, 6.45) is 3.25. The van der Waals surface area contributed by atoms with E-state index in [0.29, 0.717) is 6.54 Å². The molecule has 1 unspecified atom stereocenters. The van der Waals surface area contributed by atoms with Crippen LogP contribution >= 0.6 is 12.4 Å². The van der Waals surface area contributed by atoms with E-state index in [2.05, 4.69) is 5.32 Å². The first-order valence-electron chi connectivity index (χ1n) is 5.85. The van der Waals surface area contributed by atoms with Gasteiger partial charge in [-0.15, -0.1) is 12.4 Å². The summed E-state index contributed by atoms with van der Waals surface area (Å²) in [4.78, 5) is 11.6. The third kappa shape index (κ3) is 3.72. The average molecular weight is 255 g/mol. The molecule has 0 saturated heterocycles. The van der Waals surface area contributed by atoms with Gasteiger partial charge in [0.25, 0.3) is 0 Å². The first kappa shape index (κ1) is 14.0. The maximum atomic E-state index is 11.6. The molecule has 1 amide bonds. The predicted molar refractivity (Wildman–Crippen MR) is 71.0 cm³/mol. The molecule has 1 aliphatic rings. The largest absolute Gasteiger partial charge is 0.354 e. The van der Waals surface area contributed by atoms with Gasteiger partial charge < -0.3 is 11.1 Å². The van der Waals surface area contributed by atoms with Gasteiger partial charge in [0.2, 0.25) is 5.91 Å². The van der Waals surface area contributed by atoms with Crippen LogP contribution in [0, 0.1) is 5.92 Å². The van der Waals surface area contributed by atoms with Crippen molar-refractivity contribution in [2.24, 2.45) is 11.7 Å². The zero-order chi connectivity index (χ0) is 11.4. The minimum absolute atomic E-state index is 0. The molecule has 1 aliphatic carbocycles. The molecule has 0 aliphatic heterocycles. The molecule has 0 heterocycles. The number of nitrogens with one attached hydrogen (secondary N) is 1. The highest BCUT2D eigenvalue weighted by atomic mass is 35.5. The lowest BCUT2D eigenvalue weighted by Crippen LogP contribution is -2.38. The molecular formula is C13H19ClN2O. The Morgan fingerprint density at radius 1 is 1.35 bits per heavy atom. The summed E-state index contributed by atoms with van der Waals surface area (Å²) in [5.74, 6) is 0.403. The molecule has 1 atom stereocenters. The van der Waals surface area contributed by atoms with Crippen LogP contribution in [0.5, 0.6) is 0 Å². The van der Waals surface area contributed by atoms with Crippen LogP contribution in [0.2, 0.25) is 0 Å². The van der Waals surface area contributed by atoms with Gasteiger partial charge in [-0.05, 0) is 18.4 Å². The van der Waals surface area contributed by atoms with Crippen LogP contribution in [0.15, 0.2) is 30.3 Å². The lowest BCUT2D eigenvalue weighted by Gasteiger charge is -2.25. The Bertz CT molecular complexity index is 352. The summed E-state index contributed by atoms with van der Waals surface area (Å²) in [7, 11) is 0. The zero-order valence-electron chi connectivity index (χ0n) is 9.76. The van der Waals surface area contributed by atoms with Crippen LogP contribution in [0.1, 0.15) is 30.9 Å². The van der Waals surface area contributed by atoms with E-state index in [9.17, 15) is 4.79 Å². The molecule has 0 aromatic heterocycles. The van der Waals surface area contributed by atoms with Crippen molar-refractivity contribution in [1.82, 2.24) is 5.32 Å². The van der Waals surface area contributed by atoms with Crippen molar-refractivity contribution in [2.45, 2.75) is 25.3 Å². The molecule has 1 saturated carbocycles. The van der Waals surface area contributed by atoms with Gasteiger partial charge in [0.05, 0.1) is 0 Å². The molecule has 1 fully saturated rings. The van der Waals surface area contributed by atoms with Crippen molar-refractivity contribution in [2.75, 3.05) is 6.54 Å². The normalized spacial score (nSPS) is 16.5. The number of carbonyl (C=O) groups is 1. The van der Waals surface area contributed by atoms with Crippen molar-refractivity contribution < 1.29 is 4.79 Å². The number of halogens is 1. The average Bonchev–Trinajstić information content (AvgIpc) is 2.25. The minimum Gasteiger partial charge on any atom is -0.354 e. The second-order valence-corrected chi connectivity index (χ2v) is 4.39. The van der Waals surface area contributed by atoms with Gasteiger partial charge in [0.1, 0.15) is 0 Å². The maximum absolute atomic E-state index is 11.6. The SMILES string of the molecule is Cl.NC(CNC(=O)C1CCC1)c1ccccc1. The van der Waals surface area contributed by atoms with Crippen molar-refractivity contribution >= 4 is 18.3 Å². The van der Waals surface area contributed by atoms with Crippen molar-refractivity contribution in [3.63, 3.8) is 0 Å². The molecule has 2 rings (SSSR count). The highest BCUT2D eigenvalue weighted by Crippen LogP contribution is 2.26. The molecule has 3 N–H and O–H groups in total. The quantitative estimate of drug-likeness (QED) is 0.864. The van der Waals surface area contributed by atoms with Gasteiger partial charge in [-0.25, -0.2) is 0 Å². The second kappa shape index (κ2) is 6.62. The summed E-state index contributed by atoms with van der Waals surface area (Å²) >= 11 is 0. The summed E-state index contributed by atoms with van der Waals surface area (Å²) < 4.78 is 0. The van der Waals surface area contributed by atoms with E-state index in [1.54, 1.807) is 0 Å². The summed E-state index contributed by atoms with van der Waals surface area (Å²) in [6.45, 7) is 0.527. The lowest BCUT2D eigenvalue weighted by molar-refractivity contribution is -0.127. The fourth-order valence-electron chi connectivity index (χ4n) is 1.84. The Balaban J connectivity index is 0.00000144. The van der Waals surface area contributed by atoms with Gasteiger partial charge in [0.15, 0.2) is 0 Å². The number of amides is 1. The second-order valence-electron chi connectivity index (χ2n) is 4.39. The summed E-state index contributed by atoms with van der Waals surface area (Å²) in [5, 5.41) is 2.92.